The highest BCUT2D eigenvalue weighted by Crippen LogP contribution is 2.09. The summed E-state index contributed by atoms with van der Waals surface area (Å²) >= 11 is 0. The van der Waals surface area contributed by atoms with Gasteiger partial charge >= 0.3 is 0 Å². The van der Waals surface area contributed by atoms with Crippen LogP contribution < -0.4 is 5.48 Å². The van der Waals surface area contributed by atoms with Crippen LogP contribution in [0.15, 0.2) is 0 Å². The third-order valence-corrected chi connectivity index (χ3v) is 1.11. The predicted octanol–water partition coefficient (Wildman–Crippen LogP) is 0.515. The number of rotatable bonds is 3. The average Bonchev–Trinajstić information content (AvgIpc) is 1.63. The van der Waals surface area contributed by atoms with Crippen molar-refractivity contribution in [1.29, 1.82) is 0 Å². The van der Waals surface area contributed by atoms with Gasteiger partial charge in [0, 0.05) is 5.54 Å². The molecular weight excluding hydrogens is 118 g/mol. The molecular formula is C6H15NO2. The largest absolute Gasteiger partial charge is 0.393 e. The van der Waals surface area contributed by atoms with Crippen LogP contribution in [0.3, 0.4) is 0 Å². The van der Waals surface area contributed by atoms with Crippen LogP contribution in [0.2, 0.25) is 0 Å². The molecule has 9 heavy (non-hydrogen) atoms. The molecule has 0 amide bonds. The van der Waals surface area contributed by atoms with Crippen LogP contribution in [-0.2, 0) is 0 Å². The second-order valence-electron chi connectivity index (χ2n) is 3.05. The molecule has 3 N–H and O–H groups in total. The van der Waals surface area contributed by atoms with Gasteiger partial charge in [0.25, 0.3) is 0 Å². The van der Waals surface area contributed by atoms with Gasteiger partial charge in [0.15, 0.2) is 0 Å². The zero-order valence-corrected chi connectivity index (χ0v) is 6.18. The Balaban J connectivity index is 3.58. The fraction of sp³-hybridized carbons (Fsp3) is 1.00. The molecule has 0 heterocycles. The quantitative estimate of drug-likeness (QED) is 0.492. The van der Waals surface area contributed by atoms with Crippen molar-refractivity contribution in [2.24, 2.45) is 0 Å². The minimum absolute atomic E-state index is 0.375. The molecule has 0 aliphatic rings. The van der Waals surface area contributed by atoms with E-state index in [9.17, 15) is 0 Å². The summed E-state index contributed by atoms with van der Waals surface area (Å²) in [7, 11) is 0. The minimum atomic E-state index is -0.381. The first-order chi connectivity index (χ1) is 3.98. The Labute approximate surface area is 55.7 Å². The zero-order chi connectivity index (χ0) is 7.49. The van der Waals surface area contributed by atoms with E-state index < -0.39 is 0 Å². The van der Waals surface area contributed by atoms with Crippen LogP contribution in [0.1, 0.15) is 27.2 Å². The van der Waals surface area contributed by atoms with Crippen molar-refractivity contribution in [3.8, 4) is 0 Å². The van der Waals surface area contributed by atoms with Gasteiger partial charge in [0.05, 0.1) is 6.10 Å². The van der Waals surface area contributed by atoms with Crippen molar-refractivity contribution < 1.29 is 10.3 Å². The number of aliphatic hydroxyl groups is 1. The summed E-state index contributed by atoms with van der Waals surface area (Å²) in [5.41, 5.74) is 1.73. The van der Waals surface area contributed by atoms with Crippen molar-refractivity contribution in [2.45, 2.75) is 38.8 Å². The Kier molecular flexibility index (Phi) is 3.11. The second-order valence-corrected chi connectivity index (χ2v) is 3.05. The third-order valence-electron chi connectivity index (χ3n) is 1.11. The fourth-order valence-corrected chi connectivity index (χ4v) is 0.784. The van der Waals surface area contributed by atoms with Gasteiger partial charge in [-0.2, -0.15) is 5.48 Å². The number of hydrogen-bond acceptors (Lipinski definition) is 3. The lowest BCUT2D eigenvalue weighted by molar-refractivity contribution is 0.0456. The van der Waals surface area contributed by atoms with E-state index in [1.54, 1.807) is 6.92 Å². The molecule has 0 aromatic carbocycles. The van der Waals surface area contributed by atoms with Gasteiger partial charge in [-0.1, -0.05) is 0 Å². The van der Waals surface area contributed by atoms with Crippen LogP contribution in [0.4, 0.5) is 0 Å². The summed E-state index contributed by atoms with van der Waals surface area (Å²) in [5.74, 6) is 0. The molecule has 56 valence electrons. The first kappa shape index (κ1) is 8.88. The van der Waals surface area contributed by atoms with Gasteiger partial charge < -0.3 is 10.3 Å². The first-order valence-electron chi connectivity index (χ1n) is 3.07. The lowest BCUT2D eigenvalue weighted by Gasteiger charge is -2.23. The van der Waals surface area contributed by atoms with Crippen LogP contribution in [0.5, 0.6) is 0 Å². The Morgan fingerprint density at radius 2 is 2.00 bits per heavy atom. The summed E-state index contributed by atoms with van der Waals surface area (Å²) in [4.78, 5) is 0. The van der Waals surface area contributed by atoms with E-state index in [0.717, 1.165) is 0 Å². The summed E-state index contributed by atoms with van der Waals surface area (Å²) in [5, 5.41) is 17.3. The monoisotopic (exact) mass is 133 g/mol. The first-order valence-corrected chi connectivity index (χ1v) is 3.07. The van der Waals surface area contributed by atoms with E-state index in [0.29, 0.717) is 6.42 Å². The van der Waals surface area contributed by atoms with Gasteiger partial charge in [0.2, 0.25) is 0 Å². The number of aliphatic hydroxyl groups excluding tert-OH is 1. The van der Waals surface area contributed by atoms with Gasteiger partial charge in [-0.15, -0.1) is 0 Å². The smallest absolute Gasteiger partial charge is 0.0530 e. The Bertz CT molecular complexity index is 81.1. The maximum atomic E-state index is 8.87. The number of hydrogen-bond donors (Lipinski definition) is 3. The summed E-state index contributed by atoms with van der Waals surface area (Å²) in [6.45, 7) is 5.33. The van der Waals surface area contributed by atoms with Crippen molar-refractivity contribution >= 4 is 0 Å². The van der Waals surface area contributed by atoms with Crippen molar-refractivity contribution in [3.05, 3.63) is 0 Å². The highest BCUT2D eigenvalue weighted by atomic mass is 16.5. The summed E-state index contributed by atoms with van der Waals surface area (Å²) < 4.78 is 0. The average molecular weight is 133 g/mol. The Morgan fingerprint density at radius 1 is 1.56 bits per heavy atom. The van der Waals surface area contributed by atoms with Gasteiger partial charge in [-0.3, -0.25) is 0 Å². The lowest BCUT2D eigenvalue weighted by atomic mass is 9.99. The van der Waals surface area contributed by atoms with Gasteiger partial charge in [0.1, 0.15) is 0 Å². The second kappa shape index (κ2) is 3.15. The molecule has 3 heteroatoms. The molecule has 1 atom stereocenters. The molecule has 0 aromatic heterocycles. The van der Waals surface area contributed by atoms with Crippen LogP contribution in [0.25, 0.3) is 0 Å². The van der Waals surface area contributed by atoms with Crippen LogP contribution in [0, 0.1) is 0 Å². The standard InChI is InChI=1S/C6H15NO2/c1-5(8)4-6(2,3)7-9/h5,7-9H,4H2,1-3H3. The molecule has 0 aromatic rings. The van der Waals surface area contributed by atoms with Crippen LogP contribution in [-0.4, -0.2) is 22.0 Å². The zero-order valence-electron chi connectivity index (χ0n) is 6.18. The van der Waals surface area contributed by atoms with Crippen molar-refractivity contribution in [1.82, 2.24) is 5.48 Å². The minimum Gasteiger partial charge on any atom is -0.393 e. The SMILES string of the molecule is CC(O)CC(C)(C)NO. The summed E-state index contributed by atoms with van der Waals surface area (Å²) in [6, 6.07) is 0. The lowest BCUT2D eigenvalue weighted by Crippen LogP contribution is -2.39. The molecule has 0 saturated carbocycles. The Morgan fingerprint density at radius 3 is 2.11 bits per heavy atom. The number of nitrogens with one attached hydrogen (secondary N) is 1. The fourth-order valence-electron chi connectivity index (χ4n) is 0.784. The van der Waals surface area contributed by atoms with E-state index in [-0.39, 0.29) is 11.6 Å². The molecule has 0 saturated heterocycles. The molecule has 0 rings (SSSR count). The highest BCUT2D eigenvalue weighted by molar-refractivity contribution is 4.74. The van der Waals surface area contributed by atoms with E-state index in [1.165, 1.54) is 0 Å². The molecule has 0 bridgehead atoms. The highest BCUT2D eigenvalue weighted by Gasteiger charge is 2.17. The predicted molar refractivity (Wildman–Crippen MR) is 35.3 cm³/mol. The molecule has 1 unspecified atom stereocenters. The van der Waals surface area contributed by atoms with E-state index in [4.69, 9.17) is 10.3 Å². The van der Waals surface area contributed by atoms with Gasteiger partial charge in [-0.05, 0) is 27.2 Å². The third kappa shape index (κ3) is 4.39. The van der Waals surface area contributed by atoms with Crippen molar-refractivity contribution in [3.63, 3.8) is 0 Å². The molecule has 0 radical (unpaired) electrons. The molecule has 0 fully saturated rings. The van der Waals surface area contributed by atoms with E-state index in [2.05, 4.69) is 5.48 Å². The topological polar surface area (TPSA) is 52.5 Å². The Hall–Kier alpha value is -0.120. The van der Waals surface area contributed by atoms with E-state index >= 15 is 0 Å². The van der Waals surface area contributed by atoms with Gasteiger partial charge in [-0.25, -0.2) is 0 Å². The maximum Gasteiger partial charge on any atom is 0.0530 e. The van der Waals surface area contributed by atoms with Crippen molar-refractivity contribution in [2.75, 3.05) is 0 Å². The number of hydroxylamine groups is 1. The summed E-state index contributed by atoms with van der Waals surface area (Å²) in [6.07, 6.45) is 0.170. The molecule has 3 nitrogen and oxygen atoms in total. The molecule has 0 spiro atoms. The normalized spacial score (nSPS) is 15.7. The van der Waals surface area contributed by atoms with E-state index in [1.807, 2.05) is 13.8 Å². The molecule has 0 aliphatic heterocycles. The maximum absolute atomic E-state index is 8.87. The van der Waals surface area contributed by atoms with Crippen LogP contribution >= 0.6 is 0 Å². The molecule has 0 aliphatic carbocycles.